The second-order valence-corrected chi connectivity index (χ2v) is 8.95. The van der Waals surface area contributed by atoms with Gasteiger partial charge >= 0.3 is 0 Å². The molecule has 3 aromatic carbocycles. The van der Waals surface area contributed by atoms with Crippen LogP contribution in [0.2, 0.25) is 0 Å². The van der Waals surface area contributed by atoms with E-state index in [-0.39, 0.29) is 11.8 Å². The minimum Gasteiger partial charge on any atom is -0.606 e. The van der Waals surface area contributed by atoms with Crippen molar-refractivity contribution in [3.05, 3.63) is 87.9 Å². The van der Waals surface area contributed by atoms with Crippen LogP contribution in [-0.4, -0.2) is 23.4 Å². The molecule has 1 aliphatic rings. The van der Waals surface area contributed by atoms with Crippen LogP contribution in [0.4, 0.5) is 5.69 Å². The van der Waals surface area contributed by atoms with E-state index in [1.165, 1.54) is 4.90 Å². The van der Waals surface area contributed by atoms with E-state index < -0.39 is 11.2 Å². The molecule has 3 aromatic rings. The maximum absolute atomic E-state index is 13.1. The average molecular weight is 469 g/mol. The van der Waals surface area contributed by atoms with Crippen molar-refractivity contribution in [2.24, 2.45) is 0 Å². The standard InChI is InChI=1S/C22H17BrN2O3S/c1-25-18-12-15(21(26)24-13-14-6-9-16(23)10-7-14)8-11-20(18)29(28)19-5-3-2-4-17(19)22(25)27/h2-12H,13H2,1H3,(H,24,26)/t29-/m1/s1. The molecule has 0 spiro atoms. The number of fused-ring (bicyclic) bond motifs is 2. The first-order chi connectivity index (χ1) is 14.0. The number of benzene rings is 3. The van der Waals surface area contributed by atoms with Gasteiger partial charge in [0.05, 0.1) is 5.56 Å². The fourth-order valence-electron chi connectivity index (χ4n) is 3.18. The van der Waals surface area contributed by atoms with Crippen molar-refractivity contribution in [1.29, 1.82) is 0 Å². The van der Waals surface area contributed by atoms with Crippen LogP contribution in [0.25, 0.3) is 0 Å². The summed E-state index contributed by atoms with van der Waals surface area (Å²) in [7, 11) is 1.63. The number of carbonyl (C=O) groups is 2. The Kier molecular flexibility index (Phi) is 5.45. The maximum atomic E-state index is 13.1. The lowest BCUT2D eigenvalue weighted by Gasteiger charge is -2.17. The molecular weight excluding hydrogens is 452 g/mol. The Hall–Kier alpha value is -2.61. The summed E-state index contributed by atoms with van der Waals surface area (Å²) in [5.74, 6) is -0.510. The second-order valence-electron chi connectivity index (χ2n) is 6.62. The minimum absolute atomic E-state index is 0.250. The molecule has 0 unspecified atom stereocenters. The molecule has 0 saturated heterocycles. The van der Waals surface area contributed by atoms with Crippen LogP contribution in [-0.2, 0) is 17.7 Å². The van der Waals surface area contributed by atoms with Crippen LogP contribution in [0.5, 0.6) is 0 Å². The highest BCUT2D eigenvalue weighted by Crippen LogP contribution is 2.36. The Morgan fingerprint density at radius 2 is 1.79 bits per heavy atom. The molecule has 2 amide bonds. The third-order valence-electron chi connectivity index (χ3n) is 4.77. The van der Waals surface area contributed by atoms with Gasteiger partial charge in [-0.1, -0.05) is 40.2 Å². The van der Waals surface area contributed by atoms with Crippen LogP contribution in [0.1, 0.15) is 26.3 Å². The largest absolute Gasteiger partial charge is 0.606 e. The number of rotatable bonds is 3. The average Bonchev–Trinajstić information content (AvgIpc) is 2.83. The predicted octanol–water partition coefficient (Wildman–Crippen LogP) is 4.14. The van der Waals surface area contributed by atoms with Crippen LogP contribution in [0, 0.1) is 0 Å². The van der Waals surface area contributed by atoms with Gasteiger partial charge in [0.15, 0.2) is 9.79 Å². The first kappa shape index (κ1) is 19.7. The monoisotopic (exact) mass is 468 g/mol. The Morgan fingerprint density at radius 3 is 2.55 bits per heavy atom. The lowest BCUT2D eigenvalue weighted by atomic mass is 10.1. The zero-order valence-corrected chi connectivity index (χ0v) is 17.9. The maximum Gasteiger partial charge on any atom is 0.263 e. The number of carbonyl (C=O) groups excluding carboxylic acids is 2. The van der Waals surface area contributed by atoms with Crippen molar-refractivity contribution in [3.8, 4) is 0 Å². The SMILES string of the molecule is CN1C(=O)c2ccccc2[S@@+]([O-])c2ccc(C(=O)NCc3ccc(Br)cc3)cc21. The highest BCUT2D eigenvalue weighted by atomic mass is 79.9. The zero-order valence-electron chi connectivity index (χ0n) is 15.5. The Balaban J connectivity index is 1.62. The molecule has 7 heteroatoms. The third-order valence-corrected chi connectivity index (χ3v) is 6.80. The fraction of sp³-hybridized carbons (Fsp3) is 0.0909. The van der Waals surface area contributed by atoms with Gasteiger partial charge in [0, 0.05) is 34.8 Å². The van der Waals surface area contributed by atoms with Gasteiger partial charge in [-0.2, -0.15) is 0 Å². The molecule has 0 saturated carbocycles. The summed E-state index contributed by atoms with van der Waals surface area (Å²) in [5, 5.41) is 2.88. The van der Waals surface area contributed by atoms with E-state index in [0.29, 0.717) is 33.2 Å². The minimum atomic E-state index is -1.50. The summed E-state index contributed by atoms with van der Waals surface area (Å²) < 4.78 is 14.0. The van der Waals surface area contributed by atoms with Crippen molar-refractivity contribution >= 4 is 44.6 Å². The van der Waals surface area contributed by atoms with E-state index >= 15 is 0 Å². The highest BCUT2D eigenvalue weighted by molar-refractivity contribution is 9.10. The molecule has 4 rings (SSSR count). The van der Waals surface area contributed by atoms with Gasteiger partial charge in [0.1, 0.15) is 5.69 Å². The van der Waals surface area contributed by atoms with Gasteiger partial charge < -0.3 is 14.8 Å². The van der Waals surface area contributed by atoms with Gasteiger partial charge in [-0.15, -0.1) is 0 Å². The number of amides is 2. The Labute approximate surface area is 180 Å². The molecular formula is C22H17BrN2O3S. The molecule has 29 heavy (non-hydrogen) atoms. The van der Waals surface area contributed by atoms with Crippen LogP contribution >= 0.6 is 15.9 Å². The molecule has 0 radical (unpaired) electrons. The molecule has 0 aromatic heterocycles. The smallest absolute Gasteiger partial charge is 0.263 e. The summed E-state index contributed by atoms with van der Waals surface area (Å²) >= 11 is 1.88. The quantitative estimate of drug-likeness (QED) is 0.587. The van der Waals surface area contributed by atoms with Gasteiger partial charge in [-0.25, -0.2) is 0 Å². The van der Waals surface area contributed by atoms with E-state index in [9.17, 15) is 14.1 Å². The first-order valence-electron chi connectivity index (χ1n) is 8.91. The van der Waals surface area contributed by atoms with Crippen LogP contribution in [0.3, 0.4) is 0 Å². The van der Waals surface area contributed by atoms with Crippen LogP contribution in [0.15, 0.2) is 81.0 Å². The molecule has 0 fully saturated rings. The van der Waals surface area contributed by atoms with E-state index in [1.807, 2.05) is 24.3 Å². The Morgan fingerprint density at radius 1 is 1.07 bits per heavy atom. The first-order valence-corrected chi connectivity index (χ1v) is 10.9. The number of halogens is 1. The highest BCUT2D eigenvalue weighted by Gasteiger charge is 2.34. The predicted molar refractivity (Wildman–Crippen MR) is 116 cm³/mol. The lowest BCUT2D eigenvalue weighted by molar-refractivity contribution is 0.0948. The van der Waals surface area contributed by atoms with Crippen LogP contribution < -0.4 is 10.2 Å². The molecule has 146 valence electrons. The molecule has 1 heterocycles. The molecule has 1 atom stereocenters. The number of anilines is 1. The van der Waals surface area contributed by atoms with E-state index in [1.54, 1.807) is 49.5 Å². The lowest BCUT2D eigenvalue weighted by Crippen LogP contribution is -2.27. The van der Waals surface area contributed by atoms with E-state index in [0.717, 1.165) is 10.0 Å². The second kappa shape index (κ2) is 8.02. The van der Waals surface area contributed by atoms with Gasteiger partial charge in [-0.05, 0) is 48.0 Å². The number of nitrogens with zero attached hydrogens (tertiary/aromatic N) is 1. The normalized spacial score (nSPS) is 15.3. The fourth-order valence-corrected chi connectivity index (χ4v) is 4.81. The summed E-state index contributed by atoms with van der Waals surface area (Å²) in [5.41, 5.74) is 2.26. The van der Waals surface area contributed by atoms with Crippen molar-refractivity contribution in [2.75, 3.05) is 11.9 Å². The molecule has 1 N–H and O–H groups in total. The molecule has 5 nitrogen and oxygen atoms in total. The van der Waals surface area contributed by atoms with Crippen molar-refractivity contribution in [2.45, 2.75) is 16.3 Å². The zero-order chi connectivity index (χ0) is 20.5. The van der Waals surface area contributed by atoms with E-state index in [2.05, 4.69) is 21.2 Å². The summed E-state index contributed by atoms with van der Waals surface area (Å²) in [6.45, 7) is 0.384. The summed E-state index contributed by atoms with van der Waals surface area (Å²) in [6, 6.07) is 19.5. The van der Waals surface area contributed by atoms with Crippen molar-refractivity contribution in [1.82, 2.24) is 5.32 Å². The summed E-state index contributed by atoms with van der Waals surface area (Å²) in [6.07, 6.45) is 0. The topological polar surface area (TPSA) is 72.5 Å². The third kappa shape index (κ3) is 3.81. The van der Waals surface area contributed by atoms with Crippen molar-refractivity contribution < 1.29 is 14.1 Å². The number of nitrogens with one attached hydrogen (secondary N) is 1. The van der Waals surface area contributed by atoms with E-state index in [4.69, 9.17) is 0 Å². The number of hydrogen-bond donors (Lipinski definition) is 1. The summed E-state index contributed by atoms with van der Waals surface area (Å²) in [4.78, 5) is 27.9. The van der Waals surface area contributed by atoms with Gasteiger partial charge in [-0.3, -0.25) is 9.59 Å². The van der Waals surface area contributed by atoms with Gasteiger partial charge in [0.2, 0.25) is 0 Å². The Bertz CT molecular complexity index is 1100. The molecule has 0 bridgehead atoms. The van der Waals surface area contributed by atoms with Gasteiger partial charge in [0.25, 0.3) is 11.8 Å². The molecule has 0 aliphatic carbocycles. The molecule has 1 aliphatic heterocycles. The number of hydrogen-bond acceptors (Lipinski definition) is 3. The van der Waals surface area contributed by atoms with Crippen molar-refractivity contribution in [3.63, 3.8) is 0 Å².